The molecule has 0 saturated heterocycles. The molecule has 4 saturated carbocycles. The van der Waals surface area contributed by atoms with Crippen LogP contribution in [0, 0.1) is 58.2 Å². The fraction of sp³-hybridized carbons (Fsp3) is 0.718. The number of carbonyl (C=O) groups is 1. The summed E-state index contributed by atoms with van der Waals surface area (Å²) in [6.07, 6.45) is 18.9. The Morgan fingerprint density at radius 3 is 2.51 bits per heavy atom. The van der Waals surface area contributed by atoms with Gasteiger partial charge >= 0.3 is 5.97 Å². The van der Waals surface area contributed by atoms with Crippen molar-refractivity contribution in [3.8, 4) is 11.5 Å². The van der Waals surface area contributed by atoms with Crippen molar-refractivity contribution in [1.29, 1.82) is 0 Å². The fourth-order valence-electron chi connectivity index (χ4n) is 11.2. The number of hydrogen-bond donors (Lipinski definition) is 0. The molecule has 5 aliphatic carbocycles. The molecule has 1 spiro atoms. The third-order valence-electron chi connectivity index (χ3n) is 13.9. The van der Waals surface area contributed by atoms with E-state index in [1.807, 2.05) is 18.2 Å². The highest BCUT2D eigenvalue weighted by Crippen LogP contribution is 2.76. The molecule has 4 nitrogen and oxygen atoms in total. The number of hydrogen-bond acceptors (Lipinski definition) is 4. The molecule has 0 aliphatic heterocycles. The summed E-state index contributed by atoms with van der Waals surface area (Å²) in [6.45, 7) is 12.5. The zero-order valence-electron chi connectivity index (χ0n) is 27.9. The minimum atomic E-state index is -0.259. The predicted octanol–water partition coefficient (Wildman–Crippen LogP) is 9.53. The Balaban J connectivity index is 1.08. The van der Waals surface area contributed by atoms with Crippen molar-refractivity contribution in [2.45, 2.75) is 105 Å². The minimum Gasteiger partial charge on any atom is -0.493 e. The molecule has 0 bridgehead atoms. The maximum absolute atomic E-state index is 12.8. The number of benzene rings is 1. The molecule has 0 N–H and O–H groups in total. The van der Waals surface area contributed by atoms with Gasteiger partial charge in [-0.1, -0.05) is 58.8 Å². The van der Waals surface area contributed by atoms with E-state index in [1.165, 1.54) is 44.9 Å². The van der Waals surface area contributed by atoms with Crippen molar-refractivity contribution in [2.24, 2.45) is 58.2 Å². The molecule has 6 rings (SSSR count). The second-order valence-electron chi connectivity index (χ2n) is 15.6. The van der Waals surface area contributed by atoms with E-state index in [9.17, 15) is 4.79 Å². The molecule has 1 aromatic carbocycles. The van der Waals surface area contributed by atoms with Gasteiger partial charge in [0.1, 0.15) is 6.10 Å². The summed E-state index contributed by atoms with van der Waals surface area (Å²) in [7, 11) is 3.24. The van der Waals surface area contributed by atoms with Crippen LogP contribution in [0.1, 0.15) is 104 Å². The van der Waals surface area contributed by atoms with Crippen LogP contribution in [0.25, 0.3) is 6.08 Å². The van der Waals surface area contributed by atoms with Crippen molar-refractivity contribution >= 4 is 12.0 Å². The van der Waals surface area contributed by atoms with E-state index in [0.29, 0.717) is 16.9 Å². The van der Waals surface area contributed by atoms with E-state index < -0.39 is 0 Å². The van der Waals surface area contributed by atoms with Crippen LogP contribution >= 0.6 is 0 Å². The fourth-order valence-corrected chi connectivity index (χ4v) is 11.2. The molecular weight excluding hydrogens is 532 g/mol. The van der Waals surface area contributed by atoms with Gasteiger partial charge in [-0.3, -0.25) is 0 Å². The topological polar surface area (TPSA) is 44.8 Å². The molecule has 10 atom stereocenters. The van der Waals surface area contributed by atoms with Gasteiger partial charge in [-0.15, -0.1) is 0 Å². The van der Waals surface area contributed by atoms with E-state index in [4.69, 9.17) is 14.2 Å². The third kappa shape index (κ3) is 5.17. The molecule has 0 aromatic heterocycles. The molecule has 0 heterocycles. The van der Waals surface area contributed by atoms with Crippen LogP contribution < -0.4 is 9.47 Å². The first-order valence-corrected chi connectivity index (χ1v) is 17.4. The Hall–Kier alpha value is -2.23. The Morgan fingerprint density at radius 2 is 1.77 bits per heavy atom. The first kappa shape index (κ1) is 30.8. The van der Waals surface area contributed by atoms with Gasteiger partial charge in [0.25, 0.3) is 0 Å². The van der Waals surface area contributed by atoms with Crippen LogP contribution in [0.3, 0.4) is 0 Å². The number of carbonyl (C=O) groups excluding carboxylic acids is 1. The largest absolute Gasteiger partial charge is 0.493 e. The molecular formula is C39H56O4. The van der Waals surface area contributed by atoms with Crippen LogP contribution in [0.2, 0.25) is 0 Å². The lowest BCUT2D eigenvalue weighted by Gasteiger charge is -2.67. The van der Waals surface area contributed by atoms with E-state index >= 15 is 0 Å². The van der Waals surface area contributed by atoms with E-state index in [1.54, 1.807) is 31.9 Å². The van der Waals surface area contributed by atoms with Crippen LogP contribution in [0.5, 0.6) is 11.5 Å². The van der Waals surface area contributed by atoms with Crippen molar-refractivity contribution in [3.63, 3.8) is 0 Å². The van der Waals surface area contributed by atoms with Crippen LogP contribution in [-0.4, -0.2) is 26.3 Å². The average molecular weight is 589 g/mol. The summed E-state index contributed by atoms with van der Waals surface area (Å²) in [6, 6.07) is 5.64. The van der Waals surface area contributed by atoms with Crippen LogP contribution in [0.4, 0.5) is 0 Å². The van der Waals surface area contributed by atoms with E-state index in [-0.39, 0.29) is 17.5 Å². The zero-order chi connectivity index (χ0) is 30.5. The second-order valence-corrected chi connectivity index (χ2v) is 15.6. The Bertz CT molecular complexity index is 1250. The van der Waals surface area contributed by atoms with Crippen molar-refractivity contribution in [2.75, 3.05) is 14.2 Å². The smallest absolute Gasteiger partial charge is 0.331 e. The summed E-state index contributed by atoms with van der Waals surface area (Å²) in [5.41, 5.74) is 3.38. The summed E-state index contributed by atoms with van der Waals surface area (Å²) in [4.78, 5) is 12.8. The summed E-state index contributed by atoms with van der Waals surface area (Å²) in [5.74, 6) is 8.18. The highest BCUT2D eigenvalue weighted by molar-refractivity contribution is 5.87. The summed E-state index contributed by atoms with van der Waals surface area (Å²) in [5, 5.41) is 0. The van der Waals surface area contributed by atoms with Gasteiger partial charge in [0, 0.05) is 12.5 Å². The molecule has 4 heteroatoms. The van der Waals surface area contributed by atoms with Crippen molar-refractivity contribution in [3.05, 3.63) is 41.5 Å². The SMILES string of the molecule is COc1ccc(/C=C/C(=O)OC2CCC3(C)C(=CCC4C3CCC35C(C)C(CCC(C)C(C)C)C3CCC45)C2)cc1OC. The lowest BCUT2D eigenvalue weighted by Crippen LogP contribution is -2.61. The van der Waals surface area contributed by atoms with Crippen molar-refractivity contribution in [1.82, 2.24) is 0 Å². The molecule has 10 unspecified atom stereocenters. The highest BCUT2D eigenvalue weighted by atomic mass is 16.5. The molecule has 0 amide bonds. The first-order chi connectivity index (χ1) is 20.6. The molecule has 0 radical (unpaired) electrons. The maximum atomic E-state index is 12.8. The monoisotopic (exact) mass is 588 g/mol. The van der Waals surface area contributed by atoms with Crippen molar-refractivity contribution < 1.29 is 19.0 Å². The first-order valence-electron chi connectivity index (χ1n) is 17.4. The lowest BCUT2D eigenvalue weighted by molar-refractivity contribution is -0.180. The molecule has 5 aliphatic rings. The predicted molar refractivity (Wildman–Crippen MR) is 174 cm³/mol. The standard InChI is InChI=1S/C39H56O4/c1-24(2)25(3)8-12-30-26(4)39-21-19-32-31(34(39)15-14-33(30)39)13-11-28-23-29(18-20-38(28,32)5)43-37(40)17-10-27-9-16-35(41-6)36(22-27)42-7/h9-11,16-17,22,24-26,29-34H,8,12-15,18-21,23H2,1-7H3/b17-10+. The minimum absolute atomic E-state index is 0.0233. The Labute approximate surface area is 261 Å². The molecule has 4 fully saturated rings. The lowest BCUT2D eigenvalue weighted by atomic mass is 9.37. The van der Waals surface area contributed by atoms with Gasteiger partial charge in [0.2, 0.25) is 0 Å². The number of ether oxygens (including phenoxy) is 3. The van der Waals surface area contributed by atoms with E-state index in [0.717, 1.165) is 72.2 Å². The maximum Gasteiger partial charge on any atom is 0.331 e. The zero-order valence-corrected chi connectivity index (χ0v) is 27.9. The van der Waals surface area contributed by atoms with Gasteiger partial charge in [0.15, 0.2) is 11.5 Å². The summed E-state index contributed by atoms with van der Waals surface area (Å²) < 4.78 is 16.7. The molecule has 1 aromatic rings. The second kappa shape index (κ2) is 11.9. The van der Waals surface area contributed by atoms with Gasteiger partial charge in [-0.05, 0) is 133 Å². The highest BCUT2D eigenvalue weighted by Gasteiger charge is 2.69. The van der Waals surface area contributed by atoms with Crippen LogP contribution in [0.15, 0.2) is 35.9 Å². The number of esters is 1. The average Bonchev–Trinajstić information content (AvgIpc) is 3.35. The number of rotatable bonds is 9. The van der Waals surface area contributed by atoms with E-state index in [2.05, 4.69) is 40.7 Å². The Kier molecular flexibility index (Phi) is 8.54. The molecule has 236 valence electrons. The van der Waals surface area contributed by atoms with Crippen LogP contribution in [-0.2, 0) is 9.53 Å². The normalized spacial score (nSPS) is 38.7. The van der Waals surface area contributed by atoms with Gasteiger partial charge in [0.05, 0.1) is 14.2 Å². The van der Waals surface area contributed by atoms with Gasteiger partial charge in [-0.25, -0.2) is 4.79 Å². The summed E-state index contributed by atoms with van der Waals surface area (Å²) >= 11 is 0. The number of allylic oxidation sites excluding steroid dienone is 1. The quantitative estimate of drug-likeness (QED) is 0.164. The Morgan fingerprint density at radius 1 is 1.00 bits per heavy atom. The van der Waals surface area contributed by atoms with Gasteiger partial charge in [-0.2, -0.15) is 0 Å². The van der Waals surface area contributed by atoms with Gasteiger partial charge < -0.3 is 14.2 Å². The number of methoxy groups -OCH3 is 2. The number of fused-ring (bicyclic) bond motifs is 4. The molecule has 43 heavy (non-hydrogen) atoms. The third-order valence-corrected chi connectivity index (χ3v) is 13.9.